The van der Waals surface area contributed by atoms with Crippen molar-refractivity contribution in [1.82, 2.24) is 38.2 Å². The van der Waals surface area contributed by atoms with E-state index >= 15 is 0 Å². The summed E-state index contributed by atoms with van der Waals surface area (Å²) in [6, 6.07) is 14.7. The molecule has 196 valence electrons. The van der Waals surface area contributed by atoms with Crippen molar-refractivity contribution < 1.29 is 0 Å². The largest absolute Gasteiger partial charge is 0.352 e. The summed E-state index contributed by atoms with van der Waals surface area (Å²) >= 11 is 0. The van der Waals surface area contributed by atoms with Crippen molar-refractivity contribution in [3.63, 3.8) is 0 Å². The maximum Gasteiger partial charge on any atom is 0.352 e. The Hall–Kier alpha value is -5.00. The van der Waals surface area contributed by atoms with Crippen LogP contribution in [0.3, 0.4) is 0 Å². The minimum Gasteiger partial charge on any atom is -0.325 e. The summed E-state index contributed by atoms with van der Waals surface area (Å²) in [4.78, 5) is 68.7. The fourth-order valence-corrected chi connectivity index (χ4v) is 4.96. The number of unbranched alkanes of at least 4 members (excludes halogenated alkanes) is 2. The van der Waals surface area contributed by atoms with Crippen LogP contribution in [-0.4, -0.2) is 38.2 Å². The van der Waals surface area contributed by atoms with E-state index in [2.05, 4.69) is 19.9 Å². The van der Waals surface area contributed by atoms with E-state index in [0.717, 1.165) is 20.2 Å². The Kier molecular flexibility index (Phi) is 5.86. The normalized spacial score (nSPS) is 11.7. The Labute approximate surface area is 220 Å². The minimum absolute atomic E-state index is 0.133. The molecule has 0 saturated heterocycles. The van der Waals surface area contributed by atoms with E-state index in [1.807, 2.05) is 36.4 Å². The van der Waals surface area contributed by atoms with Gasteiger partial charge in [0.2, 0.25) is 0 Å². The zero-order valence-electron chi connectivity index (χ0n) is 21.4. The number of fused-ring (bicyclic) bond motifs is 4. The summed E-state index contributed by atoms with van der Waals surface area (Å²) in [5.41, 5.74) is 0.813. The first-order valence-electron chi connectivity index (χ1n) is 12.6. The third kappa shape index (κ3) is 4.00. The van der Waals surface area contributed by atoms with Gasteiger partial charge in [-0.3, -0.25) is 18.7 Å². The lowest BCUT2D eigenvalue weighted by atomic mass is 10.2. The highest BCUT2D eigenvalue weighted by atomic mass is 16.2. The lowest BCUT2D eigenvalue weighted by Crippen LogP contribution is -2.39. The fourth-order valence-electron chi connectivity index (χ4n) is 4.96. The van der Waals surface area contributed by atoms with Crippen LogP contribution in [0.4, 0.5) is 0 Å². The van der Waals surface area contributed by atoms with Crippen molar-refractivity contribution in [3.05, 3.63) is 90.2 Å². The number of aryl methyl sites for hydroxylation is 2. The smallest absolute Gasteiger partial charge is 0.325 e. The van der Waals surface area contributed by atoms with E-state index in [9.17, 15) is 19.2 Å². The van der Waals surface area contributed by atoms with Gasteiger partial charge in [0.1, 0.15) is 0 Å². The number of nitrogens with zero attached hydrogens (tertiary/aromatic N) is 8. The molecule has 0 radical (unpaired) electrons. The Morgan fingerprint density at radius 2 is 0.974 bits per heavy atom. The van der Waals surface area contributed by atoms with Crippen LogP contribution >= 0.6 is 0 Å². The van der Waals surface area contributed by atoms with Gasteiger partial charge in [-0.15, -0.1) is 0 Å². The number of aromatic nitrogens is 8. The quantitative estimate of drug-likeness (QED) is 0.235. The average molecular weight is 525 g/mol. The molecule has 0 fully saturated rings. The highest BCUT2D eigenvalue weighted by molar-refractivity contribution is 5.79. The number of para-hydroxylation sites is 4. The second kappa shape index (κ2) is 9.39. The second-order valence-electron chi connectivity index (χ2n) is 9.43. The lowest BCUT2D eigenvalue weighted by Gasteiger charge is -2.14. The molecule has 39 heavy (non-hydrogen) atoms. The standard InChI is InChI=1S/C27H24N8O4/c1-32-18-12-6-4-10-16(18)28-20-22(32)30-26(38)34(24(20)36)14-8-3-9-15-35-25(37)21-23(31-27(35)39)33(2)19-13-7-5-11-17(19)29-21/h4-7,10-13H,3,8-9,14-15H2,1-2H3. The van der Waals surface area contributed by atoms with Gasteiger partial charge in [0.05, 0.1) is 22.1 Å². The van der Waals surface area contributed by atoms with Crippen LogP contribution in [0.2, 0.25) is 0 Å². The summed E-state index contributed by atoms with van der Waals surface area (Å²) in [6.45, 7) is 0.300. The molecule has 0 aromatic heterocycles. The SMILES string of the molecule is Cn1c2nc(=O)n(CCCCCn3c(=O)nc4n(C)c5ccccc5nc-4c3=O)c(=O)c-2nc2ccccc21. The maximum atomic E-state index is 13.1. The van der Waals surface area contributed by atoms with E-state index in [1.165, 1.54) is 0 Å². The molecular formula is C27H24N8O4. The summed E-state index contributed by atoms with van der Waals surface area (Å²) < 4.78 is 5.56. The van der Waals surface area contributed by atoms with Gasteiger partial charge in [-0.1, -0.05) is 24.3 Å². The predicted molar refractivity (Wildman–Crippen MR) is 145 cm³/mol. The third-order valence-corrected chi connectivity index (χ3v) is 7.03. The Balaban J connectivity index is 1.21. The summed E-state index contributed by atoms with van der Waals surface area (Å²) in [5.74, 6) is 0.474. The minimum atomic E-state index is -0.636. The summed E-state index contributed by atoms with van der Waals surface area (Å²) in [7, 11) is 3.49. The second-order valence-corrected chi connectivity index (χ2v) is 9.43. The highest BCUT2D eigenvalue weighted by Gasteiger charge is 2.21. The zero-order chi connectivity index (χ0) is 27.3. The Morgan fingerprint density at radius 3 is 1.41 bits per heavy atom. The maximum absolute atomic E-state index is 13.1. The number of rotatable bonds is 6. The molecule has 0 aliphatic carbocycles. The van der Waals surface area contributed by atoms with Crippen molar-refractivity contribution in [3.8, 4) is 23.0 Å². The van der Waals surface area contributed by atoms with E-state index in [4.69, 9.17) is 0 Å². The number of hydrogen-bond donors (Lipinski definition) is 0. The zero-order valence-corrected chi connectivity index (χ0v) is 21.4. The molecule has 12 heteroatoms. The van der Waals surface area contributed by atoms with Crippen molar-refractivity contribution in [1.29, 1.82) is 0 Å². The van der Waals surface area contributed by atoms with E-state index in [0.29, 0.717) is 30.3 Å². The molecule has 0 spiro atoms. The van der Waals surface area contributed by atoms with Gasteiger partial charge < -0.3 is 9.13 Å². The first kappa shape index (κ1) is 24.3. The fraction of sp³-hybridized carbons (Fsp3) is 0.259. The molecule has 12 nitrogen and oxygen atoms in total. The third-order valence-electron chi connectivity index (χ3n) is 7.03. The van der Waals surface area contributed by atoms with Crippen LogP contribution in [0.25, 0.3) is 45.1 Å². The van der Waals surface area contributed by atoms with E-state index in [1.54, 1.807) is 35.4 Å². The Morgan fingerprint density at radius 1 is 0.564 bits per heavy atom. The molecule has 0 bridgehead atoms. The molecule has 0 amide bonds. The predicted octanol–water partition coefficient (Wildman–Crippen LogP) is 1.37. The molecule has 4 heterocycles. The number of hydrogen-bond acceptors (Lipinski definition) is 8. The monoisotopic (exact) mass is 524 g/mol. The van der Waals surface area contributed by atoms with Crippen molar-refractivity contribution in [2.45, 2.75) is 32.4 Å². The van der Waals surface area contributed by atoms with Crippen LogP contribution in [0.1, 0.15) is 19.3 Å². The molecule has 0 atom stereocenters. The summed E-state index contributed by atoms with van der Waals surface area (Å²) in [6.07, 6.45) is 1.51. The lowest BCUT2D eigenvalue weighted by molar-refractivity contribution is 0.509. The Bertz CT molecular complexity index is 1920. The molecule has 6 rings (SSSR count). The molecule has 0 saturated carbocycles. The number of benzene rings is 2. The molecule has 2 aromatic rings. The average Bonchev–Trinajstić information content (AvgIpc) is 2.93. The molecule has 0 unspecified atom stereocenters. The van der Waals surface area contributed by atoms with Crippen LogP contribution < -0.4 is 22.5 Å². The van der Waals surface area contributed by atoms with E-state index < -0.39 is 22.5 Å². The van der Waals surface area contributed by atoms with Crippen LogP contribution in [-0.2, 0) is 27.2 Å². The van der Waals surface area contributed by atoms with Crippen molar-refractivity contribution in [2.75, 3.05) is 0 Å². The first-order chi connectivity index (χ1) is 18.8. The molecule has 4 aliphatic heterocycles. The molecule has 0 N–H and O–H groups in total. The first-order valence-corrected chi connectivity index (χ1v) is 12.6. The highest BCUT2D eigenvalue weighted by Crippen LogP contribution is 2.20. The van der Waals surface area contributed by atoms with Crippen molar-refractivity contribution >= 4 is 22.1 Å². The van der Waals surface area contributed by atoms with Gasteiger partial charge in [-0.05, 0) is 43.5 Å². The van der Waals surface area contributed by atoms with Gasteiger partial charge in [0.25, 0.3) is 11.1 Å². The van der Waals surface area contributed by atoms with Crippen LogP contribution in [0, 0.1) is 0 Å². The van der Waals surface area contributed by atoms with Gasteiger partial charge in [0, 0.05) is 27.2 Å². The molecular weight excluding hydrogens is 500 g/mol. The van der Waals surface area contributed by atoms with Gasteiger partial charge in [-0.25, -0.2) is 19.6 Å². The van der Waals surface area contributed by atoms with Crippen LogP contribution in [0.15, 0.2) is 67.7 Å². The van der Waals surface area contributed by atoms with Gasteiger partial charge in [0.15, 0.2) is 23.0 Å². The van der Waals surface area contributed by atoms with Crippen molar-refractivity contribution in [2.24, 2.45) is 14.1 Å². The van der Waals surface area contributed by atoms with E-state index in [-0.39, 0.29) is 36.1 Å². The topological polar surface area (TPSA) is 140 Å². The summed E-state index contributed by atoms with van der Waals surface area (Å²) in [5, 5.41) is 0. The molecule has 4 aliphatic rings. The van der Waals surface area contributed by atoms with Gasteiger partial charge >= 0.3 is 11.4 Å². The van der Waals surface area contributed by atoms with Gasteiger partial charge in [-0.2, -0.15) is 9.97 Å². The molecule has 2 aromatic carbocycles. The van der Waals surface area contributed by atoms with Crippen LogP contribution in [0.5, 0.6) is 0 Å².